The number of hydrogen-bond donors (Lipinski definition) is 2. The molecule has 0 spiro atoms. The maximum atomic E-state index is 11.8. The van der Waals surface area contributed by atoms with Crippen LogP contribution in [-0.4, -0.2) is 48.4 Å². The lowest BCUT2D eigenvalue weighted by Crippen LogP contribution is -2.43. The molecule has 0 radical (unpaired) electrons. The summed E-state index contributed by atoms with van der Waals surface area (Å²) >= 11 is 0. The Bertz CT molecular complexity index is 293. The normalized spacial score (nSPS) is 28.7. The van der Waals surface area contributed by atoms with E-state index in [9.17, 15) is 9.59 Å². The van der Waals surface area contributed by atoms with Gasteiger partial charge in [-0.3, -0.25) is 9.59 Å². The Hall–Kier alpha value is -1.10. The molecule has 2 saturated heterocycles. The van der Waals surface area contributed by atoms with Crippen molar-refractivity contribution in [1.82, 2.24) is 15.5 Å². The molecule has 90 valence electrons. The maximum Gasteiger partial charge on any atom is 0.242 e. The van der Waals surface area contributed by atoms with E-state index >= 15 is 0 Å². The fraction of sp³-hybridized carbons (Fsp3) is 0.818. The van der Waals surface area contributed by atoms with Crippen LogP contribution in [0.4, 0.5) is 0 Å². The predicted molar refractivity (Wildman–Crippen MR) is 59.8 cm³/mol. The van der Waals surface area contributed by atoms with E-state index in [4.69, 9.17) is 0 Å². The number of nitrogens with one attached hydrogen (secondary N) is 2. The molecular weight excluding hydrogens is 206 g/mol. The minimum absolute atomic E-state index is 0.0320. The van der Waals surface area contributed by atoms with Crippen LogP contribution in [0.15, 0.2) is 0 Å². The Morgan fingerprint density at radius 2 is 2.06 bits per heavy atom. The first-order valence-corrected chi connectivity index (χ1v) is 5.93. The Morgan fingerprint density at radius 1 is 1.31 bits per heavy atom. The molecular formula is C11H19N3O2. The van der Waals surface area contributed by atoms with Gasteiger partial charge in [-0.1, -0.05) is 0 Å². The Morgan fingerprint density at radius 3 is 2.81 bits per heavy atom. The number of rotatable bonds is 2. The second kappa shape index (κ2) is 4.82. The lowest BCUT2D eigenvalue weighted by Gasteiger charge is -2.24. The van der Waals surface area contributed by atoms with Crippen LogP contribution in [0.25, 0.3) is 0 Å². The van der Waals surface area contributed by atoms with Crippen LogP contribution in [0.2, 0.25) is 0 Å². The predicted octanol–water partition coefficient (Wildman–Crippen LogP) is -0.525. The lowest BCUT2D eigenvalue weighted by molar-refractivity contribution is -0.132. The summed E-state index contributed by atoms with van der Waals surface area (Å²) in [7, 11) is 0. The summed E-state index contributed by atoms with van der Waals surface area (Å²) in [6, 6.07) is 1.04. The molecule has 2 aliphatic rings. The fourth-order valence-electron chi connectivity index (χ4n) is 2.48. The average molecular weight is 225 g/mol. The Labute approximate surface area is 95.6 Å². The number of nitrogens with zero attached hydrogens (tertiary/aromatic N) is 1. The molecule has 2 bridgehead atoms. The van der Waals surface area contributed by atoms with Crippen LogP contribution in [0.3, 0.4) is 0 Å². The van der Waals surface area contributed by atoms with Crippen LogP contribution in [0.5, 0.6) is 0 Å². The van der Waals surface area contributed by atoms with Crippen molar-refractivity contribution in [2.24, 2.45) is 0 Å². The number of hydrogen-bond acceptors (Lipinski definition) is 3. The molecule has 2 amide bonds. The second-order valence-electron chi connectivity index (χ2n) is 4.68. The van der Waals surface area contributed by atoms with Crippen LogP contribution in [-0.2, 0) is 9.59 Å². The van der Waals surface area contributed by atoms with Gasteiger partial charge in [0.1, 0.15) is 0 Å². The summed E-state index contributed by atoms with van der Waals surface area (Å²) in [5, 5.41) is 6.08. The van der Waals surface area contributed by atoms with Crippen molar-refractivity contribution in [2.75, 3.05) is 19.6 Å². The van der Waals surface area contributed by atoms with E-state index in [0.717, 1.165) is 25.9 Å². The molecule has 2 unspecified atom stereocenters. The average Bonchev–Trinajstić information content (AvgIpc) is 2.55. The van der Waals surface area contributed by atoms with Crippen molar-refractivity contribution in [3.8, 4) is 0 Å². The zero-order valence-electron chi connectivity index (χ0n) is 9.66. The van der Waals surface area contributed by atoms with Gasteiger partial charge in [-0.05, 0) is 19.3 Å². The SMILES string of the molecule is CC(=O)NCC(=O)N1CCC2CCC(C1)N2. The van der Waals surface area contributed by atoms with Gasteiger partial charge < -0.3 is 15.5 Å². The summed E-state index contributed by atoms with van der Waals surface area (Å²) in [5.41, 5.74) is 0. The zero-order valence-corrected chi connectivity index (χ0v) is 9.66. The van der Waals surface area contributed by atoms with E-state index in [1.54, 1.807) is 0 Å². The highest BCUT2D eigenvalue weighted by atomic mass is 16.2. The highest BCUT2D eigenvalue weighted by Gasteiger charge is 2.30. The quantitative estimate of drug-likeness (QED) is 0.664. The van der Waals surface area contributed by atoms with E-state index in [1.807, 2.05) is 4.90 Å². The van der Waals surface area contributed by atoms with Gasteiger partial charge in [0, 0.05) is 32.1 Å². The summed E-state index contributed by atoms with van der Waals surface area (Å²) in [6.07, 6.45) is 3.43. The van der Waals surface area contributed by atoms with Crippen molar-refractivity contribution in [3.63, 3.8) is 0 Å². The van der Waals surface area contributed by atoms with Crippen molar-refractivity contribution in [2.45, 2.75) is 38.3 Å². The Kier molecular flexibility index (Phi) is 3.43. The summed E-state index contributed by atoms with van der Waals surface area (Å²) in [6.45, 7) is 3.16. The number of carbonyl (C=O) groups is 2. The molecule has 0 aromatic rings. The van der Waals surface area contributed by atoms with Crippen molar-refractivity contribution in [1.29, 1.82) is 0 Å². The van der Waals surface area contributed by atoms with Gasteiger partial charge in [0.05, 0.1) is 6.54 Å². The first-order chi connectivity index (χ1) is 7.65. The Balaban J connectivity index is 1.84. The number of amides is 2. The molecule has 2 atom stereocenters. The minimum Gasteiger partial charge on any atom is -0.347 e. The van der Waals surface area contributed by atoms with Gasteiger partial charge in [-0.15, -0.1) is 0 Å². The monoisotopic (exact) mass is 225 g/mol. The smallest absolute Gasteiger partial charge is 0.242 e. The van der Waals surface area contributed by atoms with Gasteiger partial charge in [0.15, 0.2) is 0 Å². The van der Waals surface area contributed by atoms with Crippen LogP contribution < -0.4 is 10.6 Å². The van der Waals surface area contributed by atoms with Gasteiger partial charge >= 0.3 is 0 Å². The maximum absolute atomic E-state index is 11.8. The lowest BCUT2D eigenvalue weighted by atomic mass is 10.1. The fourth-order valence-corrected chi connectivity index (χ4v) is 2.48. The summed E-state index contributed by atoms with van der Waals surface area (Å²) in [4.78, 5) is 24.4. The standard InChI is InChI=1S/C11H19N3O2/c1-8(15)12-6-11(16)14-5-4-9-2-3-10(7-14)13-9/h9-10,13H,2-7H2,1H3,(H,12,15). The largest absolute Gasteiger partial charge is 0.347 e. The highest BCUT2D eigenvalue weighted by Crippen LogP contribution is 2.20. The van der Waals surface area contributed by atoms with Gasteiger partial charge in [0.2, 0.25) is 11.8 Å². The first kappa shape index (κ1) is 11.4. The van der Waals surface area contributed by atoms with Gasteiger partial charge in [-0.2, -0.15) is 0 Å². The molecule has 0 aliphatic carbocycles. The van der Waals surface area contributed by atoms with E-state index in [0.29, 0.717) is 12.1 Å². The third kappa shape index (κ3) is 2.72. The first-order valence-electron chi connectivity index (χ1n) is 5.93. The van der Waals surface area contributed by atoms with Gasteiger partial charge in [-0.25, -0.2) is 0 Å². The molecule has 0 aromatic heterocycles. The van der Waals surface area contributed by atoms with Crippen molar-refractivity contribution >= 4 is 11.8 Å². The summed E-state index contributed by atoms with van der Waals surface area (Å²) in [5.74, 6) is -0.118. The number of fused-ring (bicyclic) bond motifs is 2. The molecule has 5 heteroatoms. The minimum atomic E-state index is -0.150. The third-order valence-corrected chi connectivity index (χ3v) is 3.36. The topological polar surface area (TPSA) is 61.4 Å². The molecule has 2 rings (SSSR count). The molecule has 0 aromatic carbocycles. The molecule has 2 fully saturated rings. The van der Waals surface area contributed by atoms with Crippen LogP contribution in [0, 0.1) is 0 Å². The molecule has 0 saturated carbocycles. The molecule has 5 nitrogen and oxygen atoms in total. The molecule has 2 N–H and O–H groups in total. The molecule has 16 heavy (non-hydrogen) atoms. The second-order valence-corrected chi connectivity index (χ2v) is 4.68. The number of likely N-dealkylation sites (tertiary alicyclic amines) is 1. The van der Waals surface area contributed by atoms with Gasteiger partial charge in [0.25, 0.3) is 0 Å². The van der Waals surface area contributed by atoms with Crippen molar-refractivity contribution in [3.05, 3.63) is 0 Å². The highest BCUT2D eigenvalue weighted by molar-refractivity contribution is 5.83. The molecule has 2 heterocycles. The van der Waals surface area contributed by atoms with E-state index < -0.39 is 0 Å². The van der Waals surface area contributed by atoms with Crippen LogP contribution in [0.1, 0.15) is 26.2 Å². The third-order valence-electron chi connectivity index (χ3n) is 3.36. The van der Waals surface area contributed by atoms with E-state index in [2.05, 4.69) is 10.6 Å². The summed E-state index contributed by atoms with van der Waals surface area (Å²) < 4.78 is 0. The zero-order chi connectivity index (χ0) is 11.5. The molecule has 2 aliphatic heterocycles. The number of carbonyl (C=O) groups excluding carboxylic acids is 2. The van der Waals surface area contributed by atoms with Crippen molar-refractivity contribution < 1.29 is 9.59 Å². The van der Waals surface area contributed by atoms with Crippen LogP contribution >= 0.6 is 0 Å². The van der Waals surface area contributed by atoms with E-state index in [-0.39, 0.29) is 18.4 Å². The van der Waals surface area contributed by atoms with E-state index in [1.165, 1.54) is 13.3 Å².